The van der Waals surface area contributed by atoms with Crippen LogP contribution in [0.1, 0.15) is 94.8 Å². The molecule has 0 aliphatic carbocycles. The van der Waals surface area contributed by atoms with Crippen LogP contribution in [0, 0.1) is 17.8 Å². The molecule has 5 rings (SSSR count). The monoisotopic (exact) mass is 925 g/mol. The fourth-order valence-electron chi connectivity index (χ4n) is 8.27. The lowest BCUT2D eigenvalue weighted by atomic mass is 9.93. The first-order valence-electron chi connectivity index (χ1n) is 23.6. The summed E-state index contributed by atoms with van der Waals surface area (Å²) in [5, 5.41) is 11.8. The molecule has 15 nitrogen and oxygen atoms in total. The van der Waals surface area contributed by atoms with Gasteiger partial charge in [-0.2, -0.15) is 0 Å². The van der Waals surface area contributed by atoms with E-state index < -0.39 is 53.5 Å². The summed E-state index contributed by atoms with van der Waals surface area (Å²) in [5.41, 5.74) is 1.76. The van der Waals surface area contributed by atoms with Crippen LogP contribution in [-0.4, -0.2) is 115 Å². The number of epoxide rings is 1. The second kappa shape index (κ2) is 24.3. The molecule has 0 spiro atoms. The minimum atomic E-state index is -1.09. The number of hydrogen-bond donors (Lipinski definition) is 4. The number of morpholine rings is 1. The first-order valence-corrected chi connectivity index (χ1v) is 23.6. The normalized spacial score (nSPS) is 18.2. The van der Waals surface area contributed by atoms with Gasteiger partial charge in [-0.1, -0.05) is 102 Å². The van der Waals surface area contributed by atoms with Gasteiger partial charge in [0.25, 0.3) is 5.91 Å². The number of quaternary nitrogens is 1. The summed E-state index contributed by atoms with van der Waals surface area (Å²) in [4.78, 5) is 95.2. The molecule has 0 bridgehead atoms. The van der Waals surface area contributed by atoms with Gasteiger partial charge in [0.1, 0.15) is 49.1 Å². The third-order valence-corrected chi connectivity index (χ3v) is 12.2. The van der Waals surface area contributed by atoms with E-state index in [0.717, 1.165) is 16.7 Å². The molecule has 4 N–H and O–H groups in total. The standard InChI is InChI=1S/C52H69N5O10/c1-34(2)26-42(47(60)52(7)33-66-52)54-50(63)44(29-38-16-12-9-13-17-38)56-49(62)43(27-35(3)4)55-48(61)41(20-18-37-14-10-8-11-15-37)53-46(59)31-57(22-24-65-25-23-57)30-39-19-21-45(40(28-39)32-58)67-51(64)36(5)6/h8-17,19,21,28,32,34-36,41-44H,18,20,22-27,29-31,33H2,1-7H3,(H3-,53,54,55,56,59,61,62,63)/p+1/t41-,42-,43-,44-,52+/m0/s1. The largest absolute Gasteiger partial charge is 0.426 e. The molecule has 0 radical (unpaired) electrons. The van der Waals surface area contributed by atoms with Crippen molar-refractivity contribution < 1.29 is 52.3 Å². The van der Waals surface area contributed by atoms with Crippen molar-refractivity contribution in [2.45, 2.75) is 117 Å². The minimum Gasteiger partial charge on any atom is -0.426 e. The molecule has 2 aliphatic rings. The average Bonchev–Trinajstić information content (AvgIpc) is 4.05. The lowest BCUT2D eigenvalue weighted by Gasteiger charge is -2.41. The maximum atomic E-state index is 14.5. The Balaban J connectivity index is 1.36. The highest BCUT2D eigenvalue weighted by molar-refractivity contribution is 5.99. The van der Waals surface area contributed by atoms with Crippen molar-refractivity contribution in [1.82, 2.24) is 21.3 Å². The Kier molecular flexibility index (Phi) is 18.9. The van der Waals surface area contributed by atoms with E-state index in [1.165, 1.54) is 0 Å². The van der Waals surface area contributed by atoms with Crippen LogP contribution in [0.15, 0.2) is 78.9 Å². The van der Waals surface area contributed by atoms with E-state index in [2.05, 4.69) is 21.3 Å². The molecule has 15 heteroatoms. The number of hydrogen-bond acceptors (Lipinski definition) is 10. The molecule has 2 fully saturated rings. The van der Waals surface area contributed by atoms with Crippen molar-refractivity contribution in [3.63, 3.8) is 0 Å². The molecule has 3 aromatic carbocycles. The lowest BCUT2D eigenvalue weighted by molar-refractivity contribution is -0.940. The van der Waals surface area contributed by atoms with Crippen LogP contribution in [0.3, 0.4) is 0 Å². The Bertz CT molecular complexity index is 2170. The van der Waals surface area contributed by atoms with E-state index in [9.17, 15) is 33.6 Å². The number of amides is 4. The zero-order valence-corrected chi connectivity index (χ0v) is 40.1. The second-order valence-electron chi connectivity index (χ2n) is 19.4. The number of ketones is 1. The molecule has 2 aliphatic heterocycles. The van der Waals surface area contributed by atoms with Crippen molar-refractivity contribution in [1.29, 1.82) is 0 Å². The van der Waals surface area contributed by atoms with Gasteiger partial charge >= 0.3 is 5.97 Å². The number of nitrogens with one attached hydrogen (secondary N) is 4. The Morgan fingerprint density at radius 1 is 0.701 bits per heavy atom. The van der Waals surface area contributed by atoms with Crippen molar-refractivity contribution >= 4 is 41.7 Å². The lowest BCUT2D eigenvalue weighted by Crippen LogP contribution is -2.61. The van der Waals surface area contributed by atoms with Crippen LogP contribution in [0.25, 0.3) is 0 Å². The number of carbonyl (C=O) groups excluding carboxylic acids is 7. The third-order valence-electron chi connectivity index (χ3n) is 12.2. The molecule has 362 valence electrons. The predicted molar refractivity (Wildman–Crippen MR) is 253 cm³/mol. The Labute approximate surface area is 395 Å². The average molecular weight is 925 g/mol. The highest BCUT2D eigenvalue weighted by Gasteiger charge is 2.50. The molecule has 67 heavy (non-hydrogen) atoms. The van der Waals surface area contributed by atoms with E-state index in [0.29, 0.717) is 52.0 Å². The number of benzene rings is 3. The molecule has 0 unspecified atom stereocenters. The van der Waals surface area contributed by atoms with Gasteiger partial charge in [-0.25, -0.2) is 0 Å². The predicted octanol–water partition coefficient (Wildman–Crippen LogP) is 4.67. The zero-order chi connectivity index (χ0) is 48.7. The fourth-order valence-corrected chi connectivity index (χ4v) is 8.27. The molecule has 3 aromatic rings. The van der Waals surface area contributed by atoms with Crippen LogP contribution in [0.4, 0.5) is 0 Å². The number of ether oxygens (including phenoxy) is 3. The highest BCUT2D eigenvalue weighted by atomic mass is 16.6. The summed E-state index contributed by atoms with van der Waals surface area (Å²) in [5.74, 6) is -2.91. The van der Waals surface area contributed by atoms with Crippen LogP contribution in [-0.2, 0) is 57.6 Å². The number of carbonyl (C=O) groups is 7. The molecule has 2 heterocycles. The van der Waals surface area contributed by atoms with Crippen LogP contribution in [0.2, 0.25) is 0 Å². The number of aldehydes is 1. The third kappa shape index (κ3) is 15.9. The first-order chi connectivity index (χ1) is 31.9. The molecule has 5 atom stereocenters. The number of aryl methyl sites for hydroxylation is 1. The number of esters is 1. The Hall–Kier alpha value is -5.77. The van der Waals surface area contributed by atoms with E-state index in [1.54, 1.807) is 39.0 Å². The summed E-state index contributed by atoms with van der Waals surface area (Å²) in [6, 6.07) is 19.8. The summed E-state index contributed by atoms with van der Waals surface area (Å²) in [6.45, 7) is 15.3. The number of rotatable bonds is 25. The van der Waals surface area contributed by atoms with Gasteiger partial charge in [-0.05, 0) is 73.8 Å². The van der Waals surface area contributed by atoms with Crippen molar-refractivity contribution in [2.75, 3.05) is 39.5 Å². The minimum absolute atomic E-state index is 0.00322. The summed E-state index contributed by atoms with van der Waals surface area (Å²) in [6.07, 6.45) is 2.07. The maximum absolute atomic E-state index is 14.5. The molecule has 0 aromatic heterocycles. The van der Waals surface area contributed by atoms with E-state index in [4.69, 9.17) is 14.2 Å². The van der Waals surface area contributed by atoms with Gasteiger partial charge in [-0.3, -0.25) is 33.6 Å². The number of Topliss-reactive ketones (excluding diaryl/α,β-unsaturated/α-hetero) is 1. The van der Waals surface area contributed by atoms with Crippen LogP contribution >= 0.6 is 0 Å². The molecular weight excluding hydrogens is 855 g/mol. The Morgan fingerprint density at radius 3 is 1.84 bits per heavy atom. The fraction of sp³-hybridized carbons (Fsp3) is 0.519. The number of nitrogens with zero attached hydrogens (tertiary/aromatic N) is 1. The van der Waals surface area contributed by atoms with E-state index in [1.807, 2.05) is 88.4 Å². The second-order valence-corrected chi connectivity index (χ2v) is 19.4. The zero-order valence-electron chi connectivity index (χ0n) is 40.1. The van der Waals surface area contributed by atoms with Gasteiger partial charge in [-0.15, -0.1) is 0 Å². The van der Waals surface area contributed by atoms with Crippen molar-refractivity contribution in [3.8, 4) is 5.75 Å². The van der Waals surface area contributed by atoms with Crippen LogP contribution in [0.5, 0.6) is 5.75 Å². The van der Waals surface area contributed by atoms with E-state index >= 15 is 0 Å². The van der Waals surface area contributed by atoms with Crippen LogP contribution < -0.4 is 26.0 Å². The first kappa shape index (κ1) is 52.2. The molecular formula is C52H70N5O10+. The van der Waals surface area contributed by atoms with Gasteiger partial charge in [0.2, 0.25) is 17.7 Å². The van der Waals surface area contributed by atoms with E-state index in [-0.39, 0.29) is 77.7 Å². The summed E-state index contributed by atoms with van der Waals surface area (Å²) in [7, 11) is 0. The summed E-state index contributed by atoms with van der Waals surface area (Å²) >= 11 is 0. The molecule has 0 saturated carbocycles. The molecule has 2 saturated heterocycles. The topological polar surface area (TPSA) is 199 Å². The van der Waals surface area contributed by atoms with Gasteiger partial charge in [0.15, 0.2) is 18.6 Å². The maximum Gasteiger partial charge on any atom is 0.313 e. The molecule has 4 amide bonds. The SMILES string of the molecule is CC(C)C[C@H](NC(=O)[C@H](CCc1ccccc1)NC(=O)C[N+]1(Cc2ccc(OC(=O)C(C)C)c(C=O)c2)CCOCC1)C(=O)N[C@@H](Cc1ccccc1)C(=O)N[C@@H](CC(C)C)C(=O)[C@@]1(C)CO1. The quantitative estimate of drug-likeness (QED) is 0.0305. The van der Waals surface area contributed by atoms with Gasteiger partial charge < -0.3 is 40.0 Å². The van der Waals surface area contributed by atoms with Crippen molar-refractivity contribution in [3.05, 3.63) is 101 Å². The highest BCUT2D eigenvalue weighted by Crippen LogP contribution is 2.30. The summed E-state index contributed by atoms with van der Waals surface area (Å²) < 4.78 is 16.9. The van der Waals surface area contributed by atoms with Crippen molar-refractivity contribution in [2.24, 2.45) is 17.8 Å². The Morgan fingerprint density at radius 2 is 1.25 bits per heavy atom. The smallest absolute Gasteiger partial charge is 0.313 e. The van der Waals surface area contributed by atoms with Gasteiger partial charge in [0, 0.05) is 12.0 Å². The van der Waals surface area contributed by atoms with Gasteiger partial charge in [0.05, 0.1) is 37.3 Å².